The number of aromatic nitrogens is 2. The van der Waals surface area contributed by atoms with Crippen molar-refractivity contribution in [3.63, 3.8) is 0 Å². The van der Waals surface area contributed by atoms with Crippen molar-refractivity contribution in [2.75, 3.05) is 20.8 Å². The zero-order valence-electron chi connectivity index (χ0n) is 19.8. The molecule has 1 unspecified atom stereocenters. The smallest absolute Gasteiger partial charge is 0.362 e. The van der Waals surface area contributed by atoms with Crippen molar-refractivity contribution >= 4 is 41.1 Å². The van der Waals surface area contributed by atoms with E-state index in [4.69, 9.17) is 46.9 Å². The molecule has 0 spiro atoms. The summed E-state index contributed by atoms with van der Waals surface area (Å²) in [6.45, 7) is -0.211. The second-order valence-corrected chi connectivity index (χ2v) is 8.80. The molecular formula is C25H22Cl2N2O8. The molecule has 2 aromatic carbocycles. The molecule has 1 aromatic heterocycles. The summed E-state index contributed by atoms with van der Waals surface area (Å²) in [5, 5.41) is 0.953. The lowest BCUT2D eigenvalue weighted by Gasteiger charge is -2.19. The van der Waals surface area contributed by atoms with Gasteiger partial charge in [-0.1, -0.05) is 23.2 Å². The average molecular weight is 549 g/mol. The van der Waals surface area contributed by atoms with Crippen LogP contribution in [0.5, 0.6) is 5.88 Å². The number of hydrogen-bond acceptors (Lipinski definition) is 9. The predicted octanol–water partition coefficient (Wildman–Crippen LogP) is 4.36. The fraction of sp³-hybridized carbons (Fsp3) is 0.280. The number of rotatable bonds is 8. The van der Waals surface area contributed by atoms with Crippen LogP contribution in [0, 0.1) is 0 Å². The van der Waals surface area contributed by atoms with Gasteiger partial charge >= 0.3 is 17.9 Å². The number of carbonyl (C=O) groups is 3. The number of benzene rings is 2. The van der Waals surface area contributed by atoms with E-state index < -0.39 is 36.3 Å². The molecule has 4 rings (SSSR count). The number of methoxy groups -OCH3 is 2. The topological polar surface area (TPSA) is 115 Å². The van der Waals surface area contributed by atoms with E-state index >= 15 is 0 Å². The normalized spacial score (nSPS) is 18.8. The van der Waals surface area contributed by atoms with Crippen molar-refractivity contribution in [2.24, 2.45) is 0 Å². The Balaban J connectivity index is 1.54. The Morgan fingerprint density at radius 1 is 0.946 bits per heavy atom. The Bertz CT molecular complexity index is 1280. The van der Waals surface area contributed by atoms with E-state index in [2.05, 4.69) is 4.98 Å². The number of nitrogens with zero attached hydrogens (tertiary/aromatic N) is 2. The molecule has 0 radical (unpaired) electrons. The lowest BCUT2D eigenvalue weighted by Crippen LogP contribution is -2.32. The van der Waals surface area contributed by atoms with Crippen LogP contribution in [-0.4, -0.2) is 60.5 Å². The summed E-state index contributed by atoms with van der Waals surface area (Å²) in [4.78, 5) is 41.4. The van der Waals surface area contributed by atoms with E-state index in [1.165, 1.54) is 49.4 Å². The zero-order chi connectivity index (χ0) is 26.5. The highest BCUT2D eigenvalue weighted by Crippen LogP contribution is 2.35. The molecule has 0 N–H and O–H groups in total. The molecule has 1 saturated heterocycles. The van der Waals surface area contributed by atoms with Gasteiger partial charge < -0.3 is 23.7 Å². The summed E-state index contributed by atoms with van der Waals surface area (Å²) in [6.07, 6.45) is -0.861. The highest BCUT2D eigenvalue weighted by Gasteiger charge is 2.41. The van der Waals surface area contributed by atoms with Crippen LogP contribution in [-0.2, 0) is 18.9 Å². The molecule has 1 fully saturated rings. The van der Waals surface area contributed by atoms with Crippen LogP contribution < -0.4 is 4.74 Å². The van der Waals surface area contributed by atoms with Gasteiger partial charge in [0.15, 0.2) is 0 Å². The molecule has 3 atom stereocenters. The summed E-state index contributed by atoms with van der Waals surface area (Å²) < 4.78 is 28.8. The first-order valence-corrected chi connectivity index (χ1v) is 11.8. The molecule has 0 aliphatic carbocycles. The highest BCUT2D eigenvalue weighted by atomic mass is 35.5. The Morgan fingerprint density at radius 2 is 1.54 bits per heavy atom. The Kier molecular flexibility index (Phi) is 8.32. The van der Waals surface area contributed by atoms with Gasteiger partial charge in [-0.2, -0.15) is 0 Å². The lowest BCUT2D eigenvalue weighted by atomic mass is 10.1. The first-order valence-electron chi connectivity index (χ1n) is 11.0. The van der Waals surface area contributed by atoms with Crippen LogP contribution in [0.25, 0.3) is 0 Å². The lowest BCUT2D eigenvalue weighted by molar-refractivity contribution is -0.0584. The number of imidazole rings is 1. The quantitative estimate of drug-likeness (QED) is 0.299. The van der Waals surface area contributed by atoms with Gasteiger partial charge in [0.05, 0.1) is 25.3 Å². The average Bonchev–Trinajstić information content (AvgIpc) is 3.51. The largest absolute Gasteiger partial charge is 0.480 e. The number of carbonyl (C=O) groups excluding carboxylic acids is 3. The maximum Gasteiger partial charge on any atom is 0.362 e. The zero-order valence-corrected chi connectivity index (χ0v) is 21.3. The molecular weight excluding hydrogens is 527 g/mol. The molecule has 0 saturated carbocycles. The van der Waals surface area contributed by atoms with Crippen LogP contribution in [0.1, 0.15) is 43.9 Å². The van der Waals surface area contributed by atoms with E-state index in [-0.39, 0.29) is 30.2 Å². The summed E-state index contributed by atoms with van der Waals surface area (Å²) in [5.74, 6) is -1.78. The van der Waals surface area contributed by atoms with Crippen LogP contribution in [0.15, 0.2) is 54.9 Å². The minimum absolute atomic E-state index is 0.0408. The van der Waals surface area contributed by atoms with E-state index in [0.717, 1.165) is 0 Å². The Hall–Kier alpha value is -3.60. The van der Waals surface area contributed by atoms with Crippen molar-refractivity contribution in [1.29, 1.82) is 0 Å². The van der Waals surface area contributed by atoms with Gasteiger partial charge in [0.1, 0.15) is 31.4 Å². The third-order valence-corrected chi connectivity index (χ3v) is 6.11. The maximum absolute atomic E-state index is 12.8. The van der Waals surface area contributed by atoms with Crippen molar-refractivity contribution in [3.05, 3.63) is 81.7 Å². The van der Waals surface area contributed by atoms with Crippen molar-refractivity contribution in [1.82, 2.24) is 9.55 Å². The molecule has 2 heterocycles. The molecule has 0 amide bonds. The summed E-state index contributed by atoms with van der Waals surface area (Å²) in [7, 11) is 2.60. The fourth-order valence-electron chi connectivity index (χ4n) is 3.76. The fourth-order valence-corrected chi connectivity index (χ4v) is 4.01. The van der Waals surface area contributed by atoms with Crippen LogP contribution in [0.2, 0.25) is 10.0 Å². The van der Waals surface area contributed by atoms with Gasteiger partial charge in [0.25, 0.3) is 0 Å². The monoisotopic (exact) mass is 548 g/mol. The van der Waals surface area contributed by atoms with Gasteiger partial charge in [0, 0.05) is 16.5 Å². The van der Waals surface area contributed by atoms with Gasteiger partial charge in [-0.05, 0) is 48.5 Å². The third kappa shape index (κ3) is 6.04. The first-order chi connectivity index (χ1) is 17.8. The number of halogens is 2. The van der Waals surface area contributed by atoms with E-state index in [0.29, 0.717) is 15.6 Å². The Morgan fingerprint density at radius 3 is 2.11 bits per heavy atom. The number of ether oxygens (including phenoxy) is 5. The second-order valence-electron chi connectivity index (χ2n) is 7.92. The van der Waals surface area contributed by atoms with E-state index in [1.807, 2.05) is 0 Å². The third-order valence-electron chi connectivity index (χ3n) is 5.61. The molecule has 37 heavy (non-hydrogen) atoms. The minimum Gasteiger partial charge on any atom is -0.480 e. The maximum atomic E-state index is 12.8. The van der Waals surface area contributed by atoms with Gasteiger partial charge in [-0.25, -0.2) is 19.4 Å². The molecule has 1 aliphatic rings. The van der Waals surface area contributed by atoms with Crippen LogP contribution >= 0.6 is 23.2 Å². The highest BCUT2D eigenvalue weighted by molar-refractivity contribution is 6.31. The van der Waals surface area contributed by atoms with E-state index in [9.17, 15) is 14.4 Å². The first kappa shape index (κ1) is 26.5. The van der Waals surface area contributed by atoms with Crippen molar-refractivity contribution < 1.29 is 38.1 Å². The van der Waals surface area contributed by atoms with Gasteiger partial charge in [-0.3, -0.25) is 4.57 Å². The molecule has 1 aliphatic heterocycles. The SMILES string of the molecule is COC(=O)c1ncn([C@H]2CC(OC(=O)c3ccc(Cl)cc3)[C@@H](COC(=O)c3ccc(Cl)cc3)O2)c1OC. The minimum atomic E-state index is -0.828. The van der Waals surface area contributed by atoms with Gasteiger partial charge in [0.2, 0.25) is 11.6 Å². The molecule has 194 valence electrons. The summed E-state index contributed by atoms with van der Waals surface area (Å²) in [5.41, 5.74) is 0.548. The molecule has 12 heteroatoms. The standard InChI is InChI=1S/C25H22Cl2N2O8/c1-33-22-21(25(32)34-2)28-13-29(22)20-11-18(37-24(31)15-5-9-17(27)10-6-15)19(36-20)12-35-23(30)14-3-7-16(26)8-4-14/h3-10,13,18-20H,11-12H2,1-2H3/t18?,19-,20-/m1/s1. The summed E-state index contributed by atoms with van der Waals surface area (Å²) >= 11 is 11.8. The molecule has 0 bridgehead atoms. The van der Waals surface area contributed by atoms with Crippen molar-refractivity contribution in [2.45, 2.75) is 24.9 Å². The second kappa shape index (κ2) is 11.6. The number of esters is 3. The summed E-state index contributed by atoms with van der Waals surface area (Å²) in [6, 6.07) is 12.4. The van der Waals surface area contributed by atoms with E-state index in [1.54, 1.807) is 24.3 Å². The predicted molar refractivity (Wildman–Crippen MR) is 131 cm³/mol. The Labute approximate surface area is 221 Å². The molecule has 10 nitrogen and oxygen atoms in total. The van der Waals surface area contributed by atoms with Gasteiger partial charge in [-0.15, -0.1) is 0 Å². The van der Waals surface area contributed by atoms with Crippen molar-refractivity contribution in [3.8, 4) is 5.88 Å². The van der Waals surface area contributed by atoms with Crippen LogP contribution in [0.3, 0.4) is 0 Å². The van der Waals surface area contributed by atoms with Crippen LogP contribution in [0.4, 0.5) is 0 Å². The number of hydrogen-bond donors (Lipinski definition) is 0. The molecule has 3 aromatic rings.